The van der Waals surface area contributed by atoms with Crippen molar-refractivity contribution in [2.45, 2.75) is 32.6 Å². The first-order chi connectivity index (χ1) is 8.58. The first-order valence-corrected chi connectivity index (χ1v) is 6.83. The zero-order valence-corrected chi connectivity index (χ0v) is 10.9. The fourth-order valence-electron chi connectivity index (χ4n) is 2.75. The Hall–Kier alpha value is -1.26. The number of hydrogen-bond acceptors (Lipinski definition) is 2. The van der Waals surface area contributed by atoms with Gasteiger partial charge >= 0.3 is 12.0 Å². The van der Waals surface area contributed by atoms with E-state index in [-0.39, 0.29) is 17.9 Å². The fourth-order valence-corrected chi connectivity index (χ4v) is 2.75. The predicted molar refractivity (Wildman–Crippen MR) is 67.2 cm³/mol. The van der Waals surface area contributed by atoms with Crippen LogP contribution in [0.4, 0.5) is 4.79 Å². The SMILES string of the molecule is CC(C(=O)O)C1CN(C(=O)NCC2CCCC2)C1. The van der Waals surface area contributed by atoms with Crippen LogP contribution in [0.1, 0.15) is 32.6 Å². The third-order valence-electron chi connectivity index (χ3n) is 4.31. The van der Waals surface area contributed by atoms with Crippen LogP contribution in [0.5, 0.6) is 0 Å². The fraction of sp³-hybridized carbons (Fsp3) is 0.846. The van der Waals surface area contributed by atoms with Crippen molar-refractivity contribution in [3.8, 4) is 0 Å². The molecule has 1 unspecified atom stereocenters. The Bertz CT molecular complexity index is 320. The van der Waals surface area contributed by atoms with Crippen LogP contribution in [0.2, 0.25) is 0 Å². The summed E-state index contributed by atoms with van der Waals surface area (Å²) < 4.78 is 0. The maximum Gasteiger partial charge on any atom is 0.317 e. The summed E-state index contributed by atoms with van der Waals surface area (Å²) >= 11 is 0. The van der Waals surface area contributed by atoms with Gasteiger partial charge in [0.1, 0.15) is 0 Å². The predicted octanol–water partition coefficient (Wildman–Crippen LogP) is 1.54. The normalized spacial score (nSPS) is 22.6. The van der Waals surface area contributed by atoms with E-state index >= 15 is 0 Å². The Balaban J connectivity index is 1.65. The van der Waals surface area contributed by atoms with Gasteiger partial charge in [0.05, 0.1) is 5.92 Å². The van der Waals surface area contributed by atoms with Gasteiger partial charge in [-0.15, -0.1) is 0 Å². The number of likely N-dealkylation sites (tertiary alicyclic amines) is 1. The molecule has 2 aliphatic rings. The molecule has 1 heterocycles. The molecule has 2 amide bonds. The van der Waals surface area contributed by atoms with Crippen molar-refractivity contribution in [3.05, 3.63) is 0 Å². The topological polar surface area (TPSA) is 69.6 Å². The minimum Gasteiger partial charge on any atom is -0.481 e. The Labute approximate surface area is 108 Å². The smallest absolute Gasteiger partial charge is 0.317 e. The van der Waals surface area contributed by atoms with E-state index in [1.54, 1.807) is 11.8 Å². The van der Waals surface area contributed by atoms with E-state index in [1.807, 2.05) is 0 Å². The third-order valence-corrected chi connectivity index (χ3v) is 4.31. The van der Waals surface area contributed by atoms with Crippen molar-refractivity contribution in [2.75, 3.05) is 19.6 Å². The molecule has 0 aromatic carbocycles. The van der Waals surface area contributed by atoms with Crippen molar-refractivity contribution >= 4 is 12.0 Å². The molecule has 18 heavy (non-hydrogen) atoms. The molecule has 0 aromatic heterocycles. The number of carboxylic acids is 1. The van der Waals surface area contributed by atoms with Crippen LogP contribution in [0.15, 0.2) is 0 Å². The van der Waals surface area contributed by atoms with E-state index < -0.39 is 5.97 Å². The van der Waals surface area contributed by atoms with E-state index in [4.69, 9.17) is 5.11 Å². The van der Waals surface area contributed by atoms with Gasteiger partial charge < -0.3 is 15.3 Å². The summed E-state index contributed by atoms with van der Waals surface area (Å²) in [5, 5.41) is 11.8. The van der Waals surface area contributed by atoms with E-state index in [9.17, 15) is 9.59 Å². The van der Waals surface area contributed by atoms with Crippen LogP contribution in [-0.4, -0.2) is 41.6 Å². The van der Waals surface area contributed by atoms with Gasteiger partial charge in [-0.05, 0) is 18.8 Å². The summed E-state index contributed by atoms with van der Waals surface area (Å²) in [4.78, 5) is 24.3. The second-order valence-electron chi connectivity index (χ2n) is 5.63. The van der Waals surface area contributed by atoms with Crippen molar-refractivity contribution in [2.24, 2.45) is 17.8 Å². The molecule has 2 fully saturated rings. The highest BCUT2D eigenvalue weighted by Gasteiger charge is 2.37. The highest BCUT2D eigenvalue weighted by atomic mass is 16.4. The van der Waals surface area contributed by atoms with Crippen LogP contribution in [0, 0.1) is 17.8 Å². The lowest BCUT2D eigenvalue weighted by Gasteiger charge is -2.41. The van der Waals surface area contributed by atoms with Gasteiger partial charge in [-0.1, -0.05) is 19.8 Å². The first kappa shape index (κ1) is 13.2. The lowest BCUT2D eigenvalue weighted by molar-refractivity contribution is -0.144. The van der Waals surface area contributed by atoms with Gasteiger partial charge in [0.15, 0.2) is 0 Å². The van der Waals surface area contributed by atoms with E-state index in [2.05, 4.69) is 5.32 Å². The minimum absolute atomic E-state index is 0.0317. The molecule has 0 bridgehead atoms. The molecule has 1 saturated carbocycles. The number of nitrogens with one attached hydrogen (secondary N) is 1. The summed E-state index contributed by atoms with van der Waals surface area (Å²) in [6.45, 7) is 3.63. The summed E-state index contributed by atoms with van der Waals surface area (Å²) in [7, 11) is 0. The number of rotatable bonds is 4. The average molecular weight is 254 g/mol. The molecule has 0 spiro atoms. The number of nitrogens with zero attached hydrogens (tertiary/aromatic N) is 1. The molecule has 102 valence electrons. The molecule has 5 heteroatoms. The number of amides is 2. The van der Waals surface area contributed by atoms with Gasteiger partial charge in [0.25, 0.3) is 0 Å². The molecule has 5 nitrogen and oxygen atoms in total. The number of carboxylic acid groups (broad SMARTS) is 1. The number of carbonyl (C=O) groups excluding carboxylic acids is 1. The van der Waals surface area contributed by atoms with Crippen molar-refractivity contribution < 1.29 is 14.7 Å². The zero-order chi connectivity index (χ0) is 13.1. The number of carbonyl (C=O) groups is 2. The maximum atomic E-state index is 11.8. The summed E-state index contributed by atoms with van der Waals surface area (Å²) in [6.07, 6.45) is 5.00. The molecule has 0 aromatic rings. The van der Waals surface area contributed by atoms with Crippen molar-refractivity contribution in [1.82, 2.24) is 10.2 Å². The lowest BCUT2D eigenvalue weighted by Crippen LogP contribution is -2.56. The number of hydrogen-bond donors (Lipinski definition) is 2. The van der Waals surface area contributed by atoms with Gasteiger partial charge in [-0.25, -0.2) is 4.79 Å². The molecule has 2 N–H and O–H groups in total. The highest BCUT2D eigenvalue weighted by molar-refractivity contribution is 5.76. The zero-order valence-electron chi connectivity index (χ0n) is 10.9. The van der Waals surface area contributed by atoms with Gasteiger partial charge in [-0.2, -0.15) is 0 Å². The minimum atomic E-state index is -0.772. The molecular weight excluding hydrogens is 232 g/mol. The largest absolute Gasteiger partial charge is 0.481 e. The number of aliphatic carboxylic acids is 1. The van der Waals surface area contributed by atoms with Crippen molar-refractivity contribution in [3.63, 3.8) is 0 Å². The van der Waals surface area contributed by atoms with Crippen molar-refractivity contribution in [1.29, 1.82) is 0 Å². The molecule has 1 aliphatic heterocycles. The Kier molecular flexibility index (Phi) is 4.09. The van der Waals surface area contributed by atoms with E-state index in [1.165, 1.54) is 25.7 Å². The van der Waals surface area contributed by atoms with Crippen LogP contribution < -0.4 is 5.32 Å². The monoisotopic (exact) mass is 254 g/mol. The van der Waals surface area contributed by atoms with Gasteiger partial charge in [-0.3, -0.25) is 4.79 Å². The Morgan fingerprint density at radius 3 is 2.50 bits per heavy atom. The van der Waals surface area contributed by atoms with Crippen LogP contribution in [0.3, 0.4) is 0 Å². The molecule has 1 saturated heterocycles. The Morgan fingerprint density at radius 2 is 1.94 bits per heavy atom. The summed E-state index contributed by atoms with van der Waals surface area (Å²) in [6, 6.07) is -0.0317. The molecule has 1 aliphatic carbocycles. The first-order valence-electron chi connectivity index (χ1n) is 6.83. The molecule has 0 radical (unpaired) electrons. The van der Waals surface area contributed by atoms with Crippen LogP contribution >= 0.6 is 0 Å². The average Bonchev–Trinajstić information content (AvgIpc) is 2.76. The number of urea groups is 1. The standard InChI is InChI=1S/C13H22N2O3/c1-9(12(16)17)11-7-15(8-11)13(18)14-6-10-4-2-3-5-10/h9-11H,2-8H2,1H3,(H,14,18)(H,16,17). The van der Waals surface area contributed by atoms with Crippen LogP contribution in [-0.2, 0) is 4.79 Å². The van der Waals surface area contributed by atoms with E-state index in [0.29, 0.717) is 19.0 Å². The quantitative estimate of drug-likeness (QED) is 0.799. The second-order valence-corrected chi connectivity index (χ2v) is 5.63. The van der Waals surface area contributed by atoms with E-state index in [0.717, 1.165) is 6.54 Å². The molecule has 2 rings (SSSR count). The maximum absolute atomic E-state index is 11.8. The Morgan fingerprint density at radius 1 is 1.33 bits per heavy atom. The van der Waals surface area contributed by atoms with Gasteiger partial charge in [0.2, 0.25) is 0 Å². The second kappa shape index (κ2) is 5.59. The summed E-state index contributed by atoms with van der Waals surface area (Å²) in [5.41, 5.74) is 0. The third kappa shape index (κ3) is 2.94. The highest BCUT2D eigenvalue weighted by Crippen LogP contribution is 2.25. The lowest BCUT2D eigenvalue weighted by atomic mass is 9.87. The molecular formula is C13H22N2O3. The van der Waals surface area contributed by atoms with Crippen LogP contribution in [0.25, 0.3) is 0 Å². The molecule has 1 atom stereocenters. The van der Waals surface area contributed by atoms with Gasteiger partial charge in [0, 0.05) is 25.6 Å². The summed E-state index contributed by atoms with van der Waals surface area (Å²) in [5.74, 6) is -0.376.